The molecule has 0 aliphatic rings. The average molecular weight is 422 g/mol. The van der Waals surface area contributed by atoms with Gasteiger partial charge in [-0.1, -0.05) is 36.4 Å². The molecule has 0 aliphatic carbocycles. The molecule has 160 valence electrons. The summed E-state index contributed by atoms with van der Waals surface area (Å²) in [5, 5.41) is 2.75. The highest BCUT2D eigenvalue weighted by atomic mass is 19.1. The van der Waals surface area contributed by atoms with Crippen molar-refractivity contribution in [3.8, 4) is 16.9 Å². The standard InChI is InChI=1S/C23H23FN4O3/c1-3-13-27(22(30)16-31-2)15-21(29)26-23-25-20(17-7-5-4-6-8-17)14-28(23)19-11-9-18(24)10-12-19/h3-12,14H,1,13,15-16H2,2H3,(H,25,26,29). The van der Waals surface area contributed by atoms with Crippen LogP contribution in [-0.2, 0) is 14.3 Å². The van der Waals surface area contributed by atoms with Crippen LogP contribution in [-0.4, -0.2) is 53.1 Å². The average Bonchev–Trinajstić information content (AvgIpc) is 3.18. The van der Waals surface area contributed by atoms with E-state index in [2.05, 4.69) is 16.9 Å². The Balaban J connectivity index is 1.88. The topological polar surface area (TPSA) is 76.5 Å². The summed E-state index contributed by atoms with van der Waals surface area (Å²) in [6.45, 7) is 3.50. The second-order valence-electron chi connectivity index (χ2n) is 6.71. The second-order valence-corrected chi connectivity index (χ2v) is 6.71. The molecule has 1 heterocycles. The molecule has 3 rings (SSSR count). The van der Waals surface area contributed by atoms with Crippen molar-refractivity contribution in [2.45, 2.75) is 0 Å². The number of anilines is 1. The number of imidazole rings is 1. The summed E-state index contributed by atoms with van der Waals surface area (Å²) in [4.78, 5) is 30.7. The number of carbonyl (C=O) groups is 2. The lowest BCUT2D eigenvalue weighted by Crippen LogP contribution is -2.40. The van der Waals surface area contributed by atoms with Crippen LogP contribution in [0.3, 0.4) is 0 Å². The van der Waals surface area contributed by atoms with Crippen LogP contribution in [0.5, 0.6) is 0 Å². The van der Waals surface area contributed by atoms with E-state index in [4.69, 9.17) is 4.74 Å². The van der Waals surface area contributed by atoms with Gasteiger partial charge >= 0.3 is 0 Å². The highest BCUT2D eigenvalue weighted by Crippen LogP contribution is 2.24. The molecule has 0 aliphatic heterocycles. The maximum atomic E-state index is 13.4. The van der Waals surface area contributed by atoms with E-state index >= 15 is 0 Å². The maximum Gasteiger partial charge on any atom is 0.249 e. The molecule has 0 saturated heterocycles. The minimum atomic E-state index is -0.431. The molecule has 0 bridgehead atoms. The van der Waals surface area contributed by atoms with Gasteiger partial charge in [0.15, 0.2) is 0 Å². The molecule has 2 amide bonds. The highest BCUT2D eigenvalue weighted by molar-refractivity contribution is 5.94. The van der Waals surface area contributed by atoms with Gasteiger partial charge in [-0.25, -0.2) is 9.37 Å². The zero-order chi connectivity index (χ0) is 22.2. The number of rotatable bonds is 9. The number of carbonyl (C=O) groups excluding carboxylic acids is 2. The number of methoxy groups -OCH3 is 1. The van der Waals surface area contributed by atoms with Crippen molar-refractivity contribution >= 4 is 17.8 Å². The predicted octanol–water partition coefficient (Wildman–Crippen LogP) is 3.28. The molecule has 31 heavy (non-hydrogen) atoms. The van der Waals surface area contributed by atoms with Gasteiger partial charge in [0.2, 0.25) is 17.8 Å². The second kappa shape index (κ2) is 10.3. The fourth-order valence-electron chi connectivity index (χ4n) is 2.98. The minimum absolute atomic E-state index is 0.135. The predicted molar refractivity (Wildman–Crippen MR) is 116 cm³/mol. The van der Waals surface area contributed by atoms with Crippen molar-refractivity contribution in [2.24, 2.45) is 0 Å². The molecule has 7 nitrogen and oxygen atoms in total. The number of benzene rings is 2. The van der Waals surface area contributed by atoms with E-state index in [1.165, 1.54) is 30.2 Å². The lowest BCUT2D eigenvalue weighted by atomic mass is 10.2. The van der Waals surface area contributed by atoms with E-state index in [0.717, 1.165) is 5.56 Å². The van der Waals surface area contributed by atoms with Crippen LogP contribution in [0.2, 0.25) is 0 Å². The van der Waals surface area contributed by atoms with E-state index in [-0.39, 0.29) is 37.4 Å². The van der Waals surface area contributed by atoms with Crippen LogP contribution in [0, 0.1) is 5.82 Å². The summed E-state index contributed by atoms with van der Waals surface area (Å²) in [5.41, 5.74) is 2.13. The molecule has 0 saturated carbocycles. The lowest BCUT2D eigenvalue weighted by molar-refractivity contribution is -0.137. The van der Waals surface area contributed by atoms with Gasteiger partial charge in [-0.3, -0.25) is 19.5 Å². The first kappa shape index (κ1) is 21.9. The fraction of sp³-hybridized carbons (Fsp3) is 0.174. The molecular formula is C23H23FN4O3. The van der Waals surface area contributed by atoms with Gasteiger partial charge in [0.05, 0.1) is 5.69 Å². The van der Waals surface area contributed by atoms with E-state index in [1.54, 1.807) is 22.9 Å². The van der Waals surface area contributed by atoms with E-state index in [1.807, 2.05) is 30.3 Å². The Bertz CT molecular complexity index is 1050. The number of nitrogens with zero attached hydrogens (tertiary/aromatic N) is 3. The lowest BCUT2D eigenvalue weighted by Gasteiger charge is -2.20. The monoisotopic (exact) mass is 422 g/mol. The molecule has 0 atom stereocenters. The molecule has 0 radical (unpaired) electrons. The van der Waals surface area contributed by atoms with Crippen molar-refractivity contribution in [2.75, 3.05) is 32.1 Å². The summed E-state index contributed by atoms with van der Waals surface area (Å²) < 4.78 is 19.9. The number of hydrogen-bond donors (Lipinski definition) is 1. The number of halogens is 1. The summed E-state index contributed by atoms with van der Waals surface area (Å²) in [5.74, 6) is -0.869. The SMILES string of the molecule is C=CCN(CC(=O)Nc1nc(-c2ccccc2)cn1-c1ccc(F)cc1)C(=O)COC. The number of hydrogen-bond acceptors (Lipinski definition) is 4. The van der Waals surface area contributed by atoms with Gasteiger partial charge in [-0.2, -0.15) is 0 Å². The number of amides is 2. The normalized spacial score (nSPS) is 10.5. The van der Waals surface area contributed by atoms with Crippen LogP contribution in [0.25, 0.3) is 16.9 Å². The molecule has 1 N–H and O–H groups in total. The zero-order valence-corrected chi connectivity index (χ0v) is 17.1. The van der Waals surface area contributed by atoms with Gasteiger partial charge < -0.3 is 9.64 Å². The summed E-state index contributed by atoms with van der Waals surface area (Å²) in [6, 6.07) is 15.3. The van der Waals surface area contributed by atoms with Gasteiger partial charge in [0, 0.05) is 31.1 Å². The van der Waals surface area contributed by atoms with Crippen molar-refractivity contribution < 1.29 is 18.7 Å². The summed E-state index contributed by atoms with van der Waals surface area (Å²) in [7, 11) is 1.41. The van der Waals surface area contributed by atoms with Crippen LogP contribution in [0.4, 0.5) is 10.3 Å². The molecular weight excluding hydrogens is 399 g/mol. The molecule has 0 fully saturated rings. The third-order valence-corrected chi connectivity index (χ3v) is 4.44. The molecule has 0 unspecified atom stereocenters. The fourth-order valence-corrected chi connectivity index (χ4v) is 2.98. The van der Waals surface area contributed by atoms with Crippen molar-refractivity contribution in [1.82, 2.24) is 14.5 Å². The number of nitrogens with one attached hydrogen (secondary N) is 1. The third-order valence-electron chi connectivity index (χ3n) is 4.44. The van der Waals surface area contributed by atoms with Crippen molar-refractivity contribution in [3.05, 3.63) is 79.3 Å². The first-order valence-electron chi connectivity index (χ1n) is 9.60. The van der Waals surface area contributed by atoms with Crippen LogP contribution in [0.15, 0.2) is 73.4 Å². The van der Waals surface area contributed by atoms with Crippen LogP contribution < -0.4 is 5.32 Å². The van der Waals surface area contributed by atoms with Crippen molar-refractivity contribution in [1.29, 1.82) is 0 Å². The first-order valence-corrected chi connectivity index (χ1v) is 9.60. The van der Waals surface area contributed by atoms with Gasteiger partial charge in [0.1, 0.15) is 19.0 Å². The quantitative estimate of drug-likeness (QED) is 0.537. The Hall–Kier alpha value is -3.78. The van der Waals surface area contributed by atoms with E-state index in [9.17, 15) is 14.0 Å². The van der Waals surface area contributed by atoms with E-state index in [0.29, 0.717) is 11.4 Å². The largest absolute Gasteiger partial charge is 0.375 e. The zero-order valence-electron chi connectivity index (χ0n) is 17.1. The Morgan fingerprint density at radius 3 is 2.55 bits per heavy atom. The Labute approximate surface area is 179 Å². The van der Waals surface area contributed by atoms with Gasteiger partial charge in [-0.15, -0.1) is 6.58 Å². The Kier molecular flexibility index (Phi) is 7.29. The maximum absolute atomic E-state index is 13.4. The van der Waals surface area contributed by atoms with Crippen molar-refractivity contribution in [3.63, 3.8) is 0 Å². The number of aromatic nitrogens is 2. The molecule has 2 aromatic carbocycles. The van der Waals surface area contributed by atoms with Gasteiger partial charge in [-0.05, 0) is 24.3 Å². The number of ether oxygens (including phenoxy) is 1. The molecule has 3 aromatic rings. The van der Waals surface area contributed by atoms with Crippen LogP contribution >= 0.6 is 0 Å². The molecule has 0 spiro atoms. The highest BCUT2D eigenvalue weighted by Gasteiger charge is 2.19. The summed E-state index contributed by atoms with van der Waals surface area (Å²) >= 11 is 0. The van der Waals surface area contributed by atoms with Gasteiger partial charge in [0.25, 0.3) is 0 Å². The minimum Gasteiger partial charge on any atom is -0.375 e. The molecule has 8 heteroatoms. The summed E-state index contributed by atoms with van der Waals surface area (Å²) in [6.07, 6.45) is 3.30. The Morgan fingerprint density at radius 2 is 1.90 bits per heavy atom. The first-order chi connectivity index (χ1) is 15.0. The van der Waals surface area contributed by atoms with Crippen LogP contribution in [0.1, 0.15) is 0 Å². The Morgan fingerprint density at radius 1 is 1.19 bits per heavy atom. The third kappa shape index (κ3) is 5.64. The smallest absolute Gasteiger partial charge is 0.249 e. The molecule has 1 aromatic heterocycles. The van der Waals surface area contributed by atoms with E-state index < -0.39 is 5.91 Å².